The molecule has 0 radical (unpaired) electrons. The lowest BCUT2D eigenvalue weighted by Crippen LogP contribution is -2.60. The molecule has 2 saturated carbocycles. The van der Waals surface area contributed by atoms with E-state index in [2.05, 4.69) is 0 Å². The van der Waals surface area contributed by atoms with E-state index < -0.39 is 52.0 Å². The molecule has 38 heavy (non-hydrogen) atoms. The Hall–Kier alpha value is -2.49. The summed E-state index contributed by atoms with van der Waals surface area (Å²) in [5.74, 6) is -2.86. The second kappa shape index (κ2) is 9.03. The molecule has 1 heterocycles. The number of carboxylic acid groups (broad SMARTS) is 1. The molecule has 1 aliphatic heterocycles. The summed E-state index contributed by atoms with van der Waals surface area (Å²) in [6, 6.07) is 5.84. The Kier molecular flexibility index (Phi) is 6.44. The van der Waals surface area contributed by atoms with Crippen molar-refractivity contribution in [3.05, 3.63) is 59.4 Å². The van der Waals surface area contributed by atoms with Crippen molar-refractivity contribution in [1.82, 2.24) is 5.06 Å². The first-order valence-electron chi connectivity index (χ1n) is 13.1. The number of alkyl halides is 2. The van der Waals surface area contributed by atoms with Crippen LogP contribution in [0.1, 0.15) is 52.0 Å². The van der Waals surface area contributed by atoms with Crippen molar-refractivity contribution in [3.8, 4) is 0 Å². The van der Waals surface area contributed by atoms with E-state index >= 15 is 8.78 Å². The van der Waals surface area contributed by atoms with E-state index in [0.29, 0.717) is 12.8 Å². The van der Waals surface area contributed by atoms with Crippen LogP contribution in [0.3, 0.4) is 0 Å². The zero-order chi connectivity index (χ0) is 27.7. The quantitative estimate of drug-likeness (QED) is 0.585. The van der Waals surface area contributed by atoms with Crippen LogP contribution < -0.4 is 0 Å². The summed E-state index contributed by atoms with van der Waals surface area (Å²) in [6.45, 7) is 4.88. The standard InChI is InChI=1S/C29H34F3NO5/c1-26-11-10-21(34)13-22(26)23(31)9-6-18-12-19-16-33(15-17-4-7-20(30)8-5-17)38-29(19,25(36)37)27(18,2)14-24(35)28(26,3)32/h4-5,7-8,10-11,13,18-19,23-24,35H,6,9,12,14-16H2,1-3H3,(H,36,37)/t18-,19+,23+,24+,26+,27+,28+,29+/m1/s1. The molecule has 8 atom stereocenters. The molecule has 5 rings (SSSR count). The highest BCUT2D eigenvalue weighted by Gasteiger charge is 2.73. The van der Waals surface area contributed by atoms with Gasteiger partial charge in [0.2, 0.25) is 0 Å². The number of hydrogen-bond acceptors (Lipinski definition) is 5. The van der Waals surface area contributed by atoms with Gasteiger partial charge in [-0.3, -0.25) is 9.63 Å². The number of benzene rings is 1. The third kappa shape index (κ3) is 3.80. The van der Waals surface area contributed by atoms with Crippen LogP contribution in [0, 0.1) is 28.5 Å². The van der Waals surface area contributed by atoms with E-state index in [1.165, 1.54) is 38.1 Å². The molecule has 0 aromatic heterocycles. The Bertz CT molecular complexity index is 1200. The number of rotatable bonds is 3. The number of carboxylic acids is 1. The molecule has 1 aromatic rings. The minimum atomic E-state index is -2.41. The number of nitrogens with zero attached hydrogens (tertiary/aromatic N) is 1. The van der Waals surface area contributed by atoms with E-state index in [1.807, 2.05) is 0 Å². The lowest BCUT2D eigenvalue weighted by atomic mass is 9.58. The SMILES string of the molecule is C[C@]12C=CC(=O)C=C1[C@@H](F)CC[C@@H]1C[C@H]3CN(Cc4ccc(F)cc4)O[C@@]3(C(=O)O)[C@@]1(C)C[C@H](O)[C@]2(C)F. The highest BCUT2D eigenvalue weighted by Crippen LogP contribution is 2.64. The van der Waals surface area contributed by atoms with Gasteiger partial charge in [0.15, 0.2) is 11.4 Å². The van der Waals surface area contributed by atoms with Crippen LogP contribution in [-0.2, 0) is 21.0 Å². The molecular formula is C29H34F3NO5. The van der Waals surface area contributed by atoms with Gasteiger partial charge in [-0.1, -0.05) is 25.1 Å². The number of aliphatic hydroxyl groups is 1. The Morgan fingerprint density at radius 3 is 2.50 bits per heavy atom. The molecule has 0 unspecified atom stereocenters. The summed E-state index contributed by atoms with van der Waals surface area (Å²) in [4.78, 5) is 31.3. The number of aliphatic carboxylic acids is 1. The van der Waals surface area contributed by atoms with Gasteiger partial charge in [-0.2, -0.15) is 5.06 Å². The maximum atomic E-state index is 16.7. The van der Waals surface area contributed by atoms with Crippen LogP contribution in [0.4, 0.5) is 13.2 Å². The third-order valence-electron chi connectivity index (χ3n) is 10.0. The molecule has 3 fully saturated rings. The number of ketones is 1. The zero-order valence-corrected chi connectivity index (χ0v) is 21.8. The van der Waals surface area contributed by atoms with E-state index in [9.17, 15) is 24.2 Å². The second-order valence-electron chi connectivity index (χ2n) is 12.0. The average molecular weight is 534 g/mol. The number of carbonyl (C=O) groups is 2. The van der Waals surface area contributed by atoms with Crippen molar-refractivity contribution in [1.29, 1.82) is 0 Å². The smallest absolute Gasteiger partial charge is 0.339 e. The van der Waals surface area contributed by atoms with E-state index in [0.717, 1.165) is 11.6 Å². The number of fused-ring (bicyclic) bond motifs is 4. The zero-order valence-electron chi connectivity index (χ0n) is 21.8. The van der Waals surface area contributed by atoms with Gasteiger partial charge in [0, 0.05) is 29.8 Å². The summed E-state index contributed by atoms with van der Waals surface area (Å²) in [5.41, 5.74) is -6.23. The Balaban J connectivity index is 1.52. The van der Waals surface area contributed by atoms with Gasteiger partial charge in [-0.05, 0) is 80.9 Å². The van der Waals surface area contributed by atoms with Gasteiger partial charge < -0.3 is 10.2 Å². The van der Waals surface area contributed by atoms with Crippen LogP contribution in [0.5, 0.6) is 0 Å². The van der Waals surface area contributed by atoms with Gasteiger partial charge >= 0.3 is 5.97 Å². The fraction of sp³-hybridized carbons (Fsp3) is 0.586. The topological polar surface area (TPSA) is 87.1 Å². The highest BCUT2D eigenvalue weighted by atomic mass is 19.1. The monoisotopic (exact) mass is 533 g/mol. The maximum Gasteiger partial charge on any atom is 0.339 e. The molecule has 6 nitrogen and oxygen atoms in total. The number of aliphatic hydroxyl groups excluding tert-OH is 1. The Labute approximate surface area is 220 Å². The van der Waals surface area contributed by atoms with Crippen molar-refractivity contribution in [2.24, 2.45) is 22.7 Å². The molecule has 4 aliphatic rings. The van der Waals surface area contributed by atoms with Crippen molar-refractivity contribution in [2.75, 3.05) is 6.54 Å². The first kappa shape index (κ1) is 27.1. The molecule has 0 bridgehead atoms. The molecule has 1 saturated heterocycles. The summed E-state index contributed by atoms with van der Waals surface area (Å²) in [5, 5.41) is 23.6. The number of halogens is 3. The lowest BCUT2D eigenvalue weighted by molar-refractivity contribution is -0.253. The van der Waals surface area contributed by atoms with Crippen LogP contribution in [0.25, 0.3) is 0 Å². The molecule has 206 valence electrons. The van der Waals surface area contributed by atoms with Crippen molar-refractivity contribution in [3.63, 3.8) is 0 Å². The van der Waals surface area contributed by atoms with Crippen molar-refractivity contribution >= 4 is 11.8 Å². The minimum Gasteiger partial charge on any atom is -0.479 e. The molecule has 0 amide bonds. The predicted molar refractivity (Wildman–Crippen MR) is 133 cm³/mol. The van der Waals surface area contributed by atoms with E-state index in [1.54, 1.807) is 24.1 Å². The van der Waals surface area contributed by atoms with E-state index in [4.69, 9.17) is 4.84 Å². The first-order chi connectivity index (χ1) is 17.7. The van der Waals surface area contributed by atoms with Crippen LogP contribution in [-0.4, -0.2) is 57.1 Å². The summed E-state index contributed by atoms with van der Waals surface area (Å²) in [7, 11) is 0. The third-order valence-corrected chi connectivity index (χ3v) is 10.0. The van der Waals surface area contributed by atoms with Gasteiger partial charge in [-0.25, -0.2) is 18.0 Å². The number of allylic oxidation sites excluding steroid dienone is 4. The lowest BCUT2D eigenvalue weighted by Gasteiger charge is -2.50. The maximum absolute atomic E-state index is 16.7. The molecule has 1 aromatic carbocycles. The van der Waals surface area contributed by atoms with E-state index in [-0.39, 0.29) is 43.2 Å². The van der Waals surface area contributed by atoms with Crippen molar-refractivity contribution < 1.29 is 37.8 Å². The molecule has 2 N–H and O–H groups in total. The molecule has 3 aliphatic carbocycles. The second-order valence-corrected chi connectivity index (χ2v) is 12.0. The normalized spacial score (nSPS) is 43.2. The van der Waals surface area contributed by atoms with Gasteiger partial charge in [0.1, 0.15) is 17.7 Å². The Morgan fingerprint density at radius 1 is 1.16 bits per heavy atom. The summed E-state index contributed by atoms with van der Waals surface area (Å²) in [6.07, 6.45) is 0.820. The van der Waals surface area contributed by atoms with Crippen LogP contribution in [0.2, 0.25) is 0 Å². The fourth-order valence-electron chi connectivity index (χ4n) is 7.51. The van der Waals surface area contributed by atoms with Gasteiger partial charge in [0.25, 0.3) is 0 Å². The largest absolute Gasteiger partial charge is 0.479 e. The number of hydrogen-bond donors (Lipinski definition) is 2. The number of carbonyl (C=O) groups excluding carboxylic acids is 1. The Morgan fingerprint density at radius 2 is 1.84 bits per heavy atom. The van der Waals surface area contributed by atoms with Crippen molar-refractivity contribution in [2.45, 2.75) is 76.5 Å². The minimum absolute atomic E-state index is 0.00329. The summed E-state index contributed by atoms with van der Waals surface area (Å²) >= 11 is 0. The fourth-order valence-corrected chi connectivity index (χ4v) is 7.51. The molecular weight excluding hydrogens is 499 g/mol. The average Bonchev–Trinajstić information content (AvgIpc) is 3.32. The highest BCUT2D eigenvalue weighted by molar-refractivity contribution is 6.01. The predicted octanol–water partition coefficient (Wildman–Crippen LogP) is 4.72. The molecule has 0 spiro atoms. The first-order valence-corrected chi connectivity index (χ1v) is 13.1. The molecule has 9 heteroatoms. The van der Waals surface area contributed by atoms with Crippen LogP contribution in [0.15, 0.2) is 48.1 Å². The summed E-state index contributed by atoms with van der Waals surface area (Å²) < 4.78 is 45.8. The van der Waals surface area contributed by atoms with Crippen LogP contribution >= 0.6 is 0 Å². The van der Waals surface area contributed by atoms with Gasteiger partial charge in [-0.15, -0.1) is 0 Å². The number of hydroxylamine groups is 2. The van der Waals surface area contributed by atoms with Gasteiger partial charge in [0.05, 0.1) is 6.10 Å².